The fourth-order valence-electron chi connectivity index (χ4n) is 2.29. The highest BCUT2D eigenvalue weighted by atomic mass is 35.5. The quantitative estimate of drug-likeness (QED) is 0.826. The molecule has 0 aromatic heterocycles. The van der Waals surface area contributed by atoms with Gasteiger partial charge in [0.25, 0.3) is 5.91 Å². The highest BCUT2D eigenvalue weighted by Crippen LogP contribution is 2.30. The largest absolute Gasteiger partial charge is 0.331 e. The van der Waals surface area contributed by atoms with Crippen molar-refractivity contribution in [1.29, 1.82) is 0 Å². The Morgan fingerprint density at radius 2 is 1.70 bits per heavy atom. The minimum atomic E-state index is 0.0908. The minimum absolute atomic E-state index is 0.0908. The van der Waals surface area contributed by atoms with Crippen LogP contribution in [0.1, 0.15) is 28.8 Å². The molecule has 0 aliphatic heterocycles. The van der Waals surface area contributed by atoms with E-state index < -0.39 is 0 Å². The van der Waals surface area contributed by atoms with Gasteiger partial charge in [0.15, 0.2) is 0 Å². The standard InChI is InChI=1S/C17H16ClNO/c18-15-8-6-14(7-9-15)17(20)19(16-10-11-16)12-13-4-2-1-3-5-13/h1-9,16H,10-12H2. The lowest BCUT2D eigenvalue weighted by molar-refractivity contribution is 0.0730. The molecule has 1 saturated carbocycles. The van der Waals surface area contributed by atoms with Crippen LogP contribution in [0.25, 0.3) is 0 Å². The first-order valence-corrected chi connectivity index (χ1v) is 7.22. The maximum absolute atomic E-state index is 12.6. The fraction of sp³-hybridized carbons (Fsp3) is 0.235. The van der Waals surface area contributed by atoms with E-state index in [0.717, 1.165) is 12.8 Å². The van der Waals surface area contributed by atoms with Gasteiger partial charge in [-0.25, -0.2) is 0 Å². The molecule has 0 radical (unpaired) electrons. The molecule has 2 nitrogen and oxygen atoms in total. The Morgan fingerprint density at radius 1 is 1.05 bits per heavy atom. The van der Waals surface area contributed by atoms with Gasteiger partial charge in [0.2, 0.25) is 0 Å². The van der Waals surface area contributed by atoms with E-state index in [1.165, 1.54) is 5.56 Å². The van der Waals surface area contributed by atoms with Crippen molar-refractivity contribution in [2.45, 2.75) is 25.4 Å². The van der Waals surface area contributed by atoms with Crippen molar-refractivity contribution >= 4 is 17.5 Å². The average Bonchev–Trinajstić information content (AvgIpc) is 3.30. The third kappa shape index (κ3) is 3.02. The summed E-state index contributed by atoms with van der Waals surface area (Å²) in [4.78, 5) is 14.6. The van der Waals surface area contributed by atoms with Crippen molar-refractivity contribution in [3.63, 3.8) is 0 Å². The second kappa shape index (κ2) is 5.68. The summed E-state index contributed by atoms with van der Waals surface area (Å²) >= 11 is 5.88. The highest BCUT2D eigenvalue weighted by Gasteiger charge is 2.32. The van der Waals surface area contributed by atoms with Gasteiger partial charge in [-0.1, -0.05) is 41.9 Å². The molecule has 1 aliphatic rings. The van der Waals surface area contributed by atoms with E-state index in [-0.39, 0.29) is 5.91 Å². The molecule has 3 rings (SSSR count). The van der Waals surface area contributed by atoms with E-state index in [1.54, 1.807) is 24.3 Å². The predicted octanol–water partition coefficient (Wildman–Crippen LogP) is 4.14. The van der Waals surface area contributed by atoms with E-state index in [0.29, 0.717) is 23.2 Å². The molecule has 2 aromatic rings. The van der Waals surface area contributed by atoms with Gasteiger partial charge in [0.1, 0.15) is 0 Å². The van der Waals surface area contributed by atoms with Crippen LogP contribution in [0, 0.1) is 0 Å². The van der Waals surface area contributed by atoms with Crippen LogP contribution in [0.2, 0.25) is 5.02 Å². The van der Waals surface area contributed by atoms with Crippen LogP contribution in [0.5, 0.6) is 0 Å². The lowest BCUT2D eigenvalue weighted by Crippen LogP contribution is -2.32. The molecular weight excluding hydrogens is 270 g/mol. The van der Waals surface area contributed by atoms with Crippen LogP contribution in [-0.4, -0.2) is 16.8 Å². The molecule has 0 atom stereocenters. The smallest absolute Gasteiger partial charge is 0.254 e. The lowest BCUT2D eigenvalue weighted by Gasteiger charge is -2.22. The minimum Gasteiger partial charge on any atom is -0.331 e. The van der Waals surface area contributed by atoms with Crippen LogP contribution in [0.15, 0.2) is 54.6 Å². The number of halogens is 1. The Labute approximate surface area is 124 Å². The molecule has 0 bridgehead atoms. The Bertz CT molecular complexity index is 590. The van der Waals surface area contributed by atoms with E-state index in [9.17, 15) is 4.79 Å². The molecule has 0 unspecified atom stereocenters. The Hall–Kier alpha value is -1.80. The molecule has 0 N–H and O–H groups in total. The summed E-state index contributed by atoms with van der Waals surface area (Å²) in [6, 6.07) is 17.6. The molecule has 1 aliphatic carbocycles. The molecule has 1 fully saturated rings. The number of benzene rings is 2. The van der Waals surface area contributed by atoms with Crippen LogP contribution in [0.3, 0.4) is 0 Å². The van der Waals surface area contributed by atoms with Gasteiger partial charge in [-0.3, -0.25) is 4.79 Å². The first-order chi connectivity index (χ1) is 9.74. The molecule has 0 saturated heterocycles. The number of carbonyl (C=O) groups is 1. The van der Waals surface area contributed by atoms with Gasteiger partial charge in [0, 0.05) is 23.2 Å². The van der Waals surface area contributed by atoms with Crippen LogP contribution in [-0.2, 0) is 6.54 Å². The summed E-state index contributed by atoms with van der Waals surface area (Å²) in [6.45, 7) is 0.674. The van der Waals surface area contributed by atoms with Crippen molar-refractivity contribution in [1.82, 2.24) is 4.90 Å². The molecule has 3 heteroatoms. The summed E-state index contributed by atoms with van der Waals surface area (Å²) in [5, 5.41) is 0.655. The van der Waals surface area contributed by atoms with Crippen molar-refractivity contribution in [3.8, 4) is 0 Å². The Morgan fingerprint density at radius 3 is 2.30 bits per heavy atom. The normalized spacial score (nSPS) is 14.1. The summed E-state index contributed by atoms with van der Waals surface area (Å²) in [5.74, 6) is 0.0908. The Kier molecular flexibility index (Phi) is 3.75. The first-order valence-electron chi connectivity index (χ1n) is 6.84. The highest BCUT2D eigenvalue weighted by molar-refractivity contribution is 6.30. The zero-order valence-electron chi connectivity index (χ0n) is 11.1. The maximum atomic E-state index is 12.6. The molecule has 2 aromatic carbocycles. The third-order valence-corrected chi connectivity index (χ3v) is 3.79. The van der Waals surface area contributed by atoms with Gasteiger partial charge in [-0.15, -0.1) is 0 Å². The van der Waals surface area contributed by atoms with E-state index in [1.807, 2.05) is 23.1 Å². The molecule has 0 heterocycles. The molecule has 20 heavy (non-hydrogen) atoms. The molecule has 102 valence electrons. The number of amides is 1. The van der Waals surface area contributed by atoms with Crippen molar-refractivity contribution in [3.05, 3.63) is 70.7 Å². The zero-order chi connectivity index (χ0) is 13.9. The number of hydrogen-bond acceptors (Lipinski definition) is 1. The average molecular weight is 286 g/mol. The number of nitrogens with zero attached hydrogens (tertiary/aromatic N) is 1. The van der Waals surface area contributed by atoms with Gasteiger partial charge < -0.3 is 4.90 Å². The Balaban J connectivity index is 1.80. The second-order valence-corrected chi connectivity index (χ2v) is 5.59. The zero-order valence-corrected chi connectivity index (χ0v) is 11.9. The first kappa shape index (κ1) is 13.2. The summed E-state index contributed by atoms with van der Waals surface area (Å²) in [7, 11) is 0. The summed E-state index contributed by atoms with van der Waals surface area (Å²) < 4.78 is 0. The lowest BCUT2D eigenvalue weighted by atomic mass is 10.1. The van der Waals surface area contributed by atoms with Gasteiger partial charge in [0.05, 0.1) is 0 Å². The topological polar surface area (TPSA) is 20.3 Å². The number of hydrogen-bond donors (Lipinski definition) is 0. The van der Waals surface area contributed by atoms with Gasteiger partial charge in [-0.2, -0.15) is 0 Å². The van der Waals surface area contributed by atoms with Gasteiger partial charge in [-0.05, 0) is 42.7 Å². The molecule has 0 spiro atoms. The SMILES string of the molecule is O=C(c1ccc(Cl)cc1)N(Cc1ccccc1)C1CC1. The number of rotatable bonds is 4. The fourth-order valence-corrected chi connectivity index (χ4v) is 2.42. The van der Waals surface area contributed by atoms with E-state index >= 15 is 0 Å². The van der Waals surface area contributed by atoms with Crippen LogP contribution >= 0.6 is 11.6 Å². The van der Waals surface area contributed by atoms with Gasteiger partial charge >= 0.3 is 0 Å². The molecule has 1 amide bonds. The van der Waals surface area contributed by atoms with E-state index in [2.05, 4.69) is 12.1 Å². The van der Waals surface area contributed by atoms with Crippen LogP contribution < -0.4 is 0 Å². The summed E-state index contributed by atoms with van der Waals surface area (Å²) in [6.07, 6.45) is 2.21. The van der Waals surface area contributed by atoms with Crippen molar-refractivity contribution < 1.29 is 4.79 Å². The van der Waals surface area contributed by atoms with E-state index in [4.69, 9.17) is 11.6 Å². The molecular formula is C17H16ClNO. The third-order valence-electron chi connectivity index (χ3n) is 3.54. The van der Waals surface area contributed by atoms with Crippen LogP contribution in [0.4, 0.5) is 0 Å². The second-order valence-electron chi connectivity index (χ2n) is 5.16. The predicted molar refractivity (Wildman–Crippen MR) is 80.8 cm³/mol. The number of carbonyl (C=O) groups excluding carboxylic acids is 1. The van der Waals surface area contributed by atoms with Crippen molar-refractivity contribution in [2.75, 3.05) is 0 Å². The van der Waals surface area contributed by atoms with Crippen molar-refractivity contribution in [2.24, 2.45) is 0 Å². The summed E-state index contributed by atoms with van der Waals surface area (Å²) in [5.41, 5.74) is 1.87. The maximum Gasteiger partial charge on any atom is 0.254 e. The monoisotopic (exact) mass is 285 g/mol.